The average Bonchev–Trinajstić information content (AvgIpc) is 2.44. The van der Waals surface area contributed by atoms with E-state index in [1.165, 1.54) is 12.1 Å². The molecule has 1 heterocycles. The number of nitrogens with one attached hydrogen (secondary N) is 1. The van der Waals surface area contributed by atoms with E-state index >= 15 is 0 Å². The molecule has 0 aromatic heterocycles. The second-order valence-electron chi connectivity index (χ2n) is 5.05. The van der Waals surface area contributed by atoms with Gasteiger partial charge in [0.1, 0.15) is 5.76 Å². The smallest absolute Gasteiger partial charge is 0.220 e. The minimum absolute atomic E-state index is 0.0520. The Bertz CT molecular complexity index is 649. The molecule has 2 aliphatic rings. The zero-order valence-corrected chi connectivity index (χ0v) is 12.4. The first-order chi connectivity index (χ1) is 10.1. The van der Waals surface area contributed by atoms with Crippen molar-refractivity contribution in [3.63, 3.8) is 0 Å². The van der Waals surface area contributed by atoms with Gasteiger partial charge in [-0.15, -0.1) is 0 Å². The molecular formula is C16H20N2O3. The molecule has 0 unspecified atom stereocenters. The predicted octanol–water partition coefficient (Wildman–Crippen LogP) is 2.30. The lowest BCUT2D eigenvalue weighted by molar-refractivity contribution is -0.121. The molecule has 1 aliphatic carbocycles. The standard InChI is InChI=1S/C16H20N2O3/c1-3-4-5-15(20)17-9-8-16-18-11(2)13-7-6-12(19)10-14(13)21-16/h6-7,10H,3-5,8-9H2,1-2H3,(H,17,20). The number of hydrogen-bond acceptors (Lipinski definition) is 4. The van der Waals surface area contributed by atoms with E-state index in [-0.39, 0.29) is 11.3 Å². The number of carbonyl (C=O) groups excluding carboxylic acids is 1. The van der Waals surface area contributed by atoms with E-state index < -0.39 is 0 Å². The summed E-state index contributed by atoms with van der Waals surface area (Å²) in [5, 5.41) is 2.84. The van der Waals surface area contributed by atoms with Crippen LogP contribution in [0.1, 0.15) is 37.8 Å². The maximum Gasteiger partial charge on any atom is 0.220 e. The SMILES string of the molecule is CCCCC(=O)NCCc1nc(C)c2ccc(=O)cc-2o1. The summed E-state index contributed by atoms with van der Waals surface area (Å²) in [5.41, 5.74) is 1.57. The molecule has 0 radical (unpaired) electrons. The number of nitrogens with zero attached hydrogens (tertiary/aromatic N) is 1. The van der Waals surface area contributed by atoms with Crippen molar-refractivity contribution in [3.8, 4) is 11.3 Å². The zero-order chi connectivity index (χ0) is 15.2. The van der Waals surface area contributed by atoms with Crippen molar-refractivity contribution in [2.45, 2.75) is 39.5 Å². The Hall–Kier alpha value is -2.17. The lowest BCUT2D eigenvalue weighted by Crippen LogP contribution is -2.25. The van der Waals surface area contributed by atoms with Crippen molar-refractivity contribution in [1.82, 2.24) is 10.3 Å². The van der Waals surface area contributed by atoms with Crippen LogP contribution in [-0.4, -0.2) is 17.4 Å². The van der Waals surface area contributed by atoms with Crippen LogP contribution in [0.3, 0.4) is 0 Å². The average molecular weight is 288 g/mol. The molecule has 5 heteroatoms. The summed E-state index contributed by atoms with van der Waals surface area (Å²) in [6, 6.07) is 4.69. The maximum absolute atomic E-state index is 11.5. The van der Waals surface area contributed by atoms with Gasteiger partial charge in [0.2, 0.25) is 5.91 Å². The molecule has 1 N–H and O–H groups in total. The van der Waals surface area contributed by atoms with Crippen LogP contribution >= 0.6 is 0 Å². The van der Waals surface area contributed by atoms with E-state index in [0.29, 0.717) is 31.0 Å². The predicted molar refractivity (Wildman–Crippen MR) is 80.4 cm³/mol. The summed E-state index contributed by atoms with van der Waals surface area (Å²) in [5.74, 6) is 1.12. The highest BCUT2D eigenvalue weighted by molar-refractivity contribution is 5.75. The van der Waals surface area contributed by atoms with E-state index in [4.69, 9.17) is 4.42 Å². The fourth-order valence-corrected chi connectivity index (χ4v) is 2.12. The molecule has 5 nitrogen and oxygen atoms in total. The second kappa shape index (κ2) is 7.02. The fourth-order valence-electron chi connectivity index (χ4n) is 2.12. The number of rotatable bonds is 6. The van der Waals surface area contributed by atoms with Gasteiger partial charge >= 0.3 is 0 Å². The largest absolute Gasteiger partial charge is 0.442 e. The molecule has 0 spiro atoms. The monoisotopic (exact) mass is 288 g/mol. The molecule has 112 valence electrons. The van der Waals surface area contributed by atoms with E-state index in [0.717, 1.165) is 24.1 Å². The highest BCUT2D eigenvalue weighted by atomic mass is 16.3. The van der Waals surface area contributed by atoms with E-state index in [1.54, 1.807) is 6.07 Å². The van der Waals surface area contributed by atoms with Crippen LogP contribution < -0.4 is 10.7 Å². The quantitative estimate of drug-likeness (QED) is 0.885. The summed E-state index contributed by atoms with van der Waals surface area (Å²) in [6.45, 7) is 4.42. The summed E-state index contributed by atoms with van der Waals surface area (Å²) >= 11 is 0. The number of fused-ring (bicyclic) bond motifs is 1. The van der Waals surface area contributed by atoms with Crippen LogP contribution in [0.15, 0.2) is 27.4 Å². The van der Waals surface area contributed by atoms with Crippen LogP contribution in [0.5, 0.6) is 0 Å². The fraction of sp³-hybridized carbons (Fsp3) is 0.438. The van der Waals surface area contributed by atoms with Crippen molar-refractivity contribution in [2.24, 2.45) is 0 Å². The van der Waals surface area contributed by atoms with Gasteiger partial charge in [0, 0.05) is 31.0 Å². The molecule has 1 amide bonds. The summed E-state index contributed by atoms with van der Waals surface area (Å²) in [4.78, 5) is 27.3. The molecular weight excluding hydrogens is 268 g/mol. The molecule has 1 aliphatic heterocycles. The lowest BCUT2D eigenvalue weighted by atomic mass is 10.1. The topological polar surface area (TPSA) is 72.2 Å². The van der Waals surface area contributed by atoms with Gasteiger partial charge < -0.3 is 9.73 Å². The second-order valence-corrected chi connectivity index (χ2v) is 5.05. The molecule has 0 fully saturated rings. The van der Waals surface area contributed by atoms with Crippen LogP contribution in [0.4, 0.5) is 0 Å². The van der Waals surface area contributed by atoms with E-state index in [2.05, 4.69) is 17.2 Å². The number of unbranched alkanes of at least 4 members (excludes halogenated alkanes) is 1. The Labute approximate surface area is 123 Å². The van der Waals surface area contributed by atoms with Crippen molar-refractivity contribution in [3.05, 3.63) is 40.0 Å². The lowest BCUT2D eigenvalue weighted by Gasteiger charge is -2.10. The Balaban J connectivity index is 2.01. The summed E-state index contributed by atoms with van der Waals surface area (Å²) < 4.78 is 5.62. The first-order valence-corrected chi connectivity index (χ1v) is 7.27. The van der Waals surface area contributed by atoms with Crippen molar-refractivity contribution >= 4 is 5.91 Å². The minimum atomic E-state index is -0.0873. The van der Waals surface area contributed by atoms with Gasteiger partial charge in [0.15, 0.2) is 11.3 Å². The Kier molecular flexibility index (Phi) is 5.09. The Morgan fingerprint density at radius 3 is 2.95 bits per heavy atom. The van der Waals surface area contributed by atoms with Crippen LogP contribution in [0.2, 0.25) is 0 Å². The first-order valence-electron chi connectivity index (χ1n) is 7.27. The van der Waals surface area contributed by atoms with Gasteiger partial charge in [0.05, 0.1) is 5.69 Å². The number of hydrogen-bond donors (Lipinski definition) is 1. The summed E-state index contributed by atoms with van der Waals surface area (Å²) in [7, 11) is 0. The maximum atomic E-state index is 11.5. The third-order valence-corrected chi connectivity index (χ3v) is 3.28. The van der Waals surface area contributed by atoms with Gasteiger partial charge in [-0.1, -0.05) is 13.3 Å². The van der Waals surface area contributed by atoms with Gasteiger partial charge in [-0.2, -0.15) is 0 Å². The van der Waals surface area contributed by atoms with Crippen LogP contribution in [-0.2, 0) is 11.2 Å². The molecule has 0 atom stereocenters. The number of benzene rings is 1. The molecule has 0 bridgehead atoms. The van der Waals surface area contributed by atoms with Gasteiger partial charge in [-0.25, -0.2) is 4.98 Å². The van der Waals surface area contributed by atoms with Crippen LogP contribution in [0.25, 0.3) is 11.3 Å². The molecule has 2 rings (SSSR count). The van der Waals surface area contributed by atoms with Gasteiger partial charge in [0.25, 0.3) is 0 Å². The first kappa shape index (κ1) is 15.2. The van der Waals surface area contributed by atoms with Gasteiger partial charge in [-0.05, 0) is 25.5 Å². The molecule has 0 aromatic rings. The number of aromatic nitrogens is 1. The summed E-state index contributed by atoms with van der Waals surface area (Å²) in [6.07, 6.45) is 2.97. The number of carbonyl (C=O) groups is 1. The third kappa shape index (κ3) is 4.15. The number of amides is 1. The van der Waals surface area contributed by atoms with Crippen LogP contribution in [0, 0.1) is 6.92 Å². The Morgan fingerprint density at radius 1 is 1.38 bits per heavy atom. The third-order valence-electron chi connectivity index (χ3n) is 3.28. The van der Waals surface area contributed by atoms with Crippen molar-refractivity contribution in [2.75, 3.05) is 6.54 Å². The van der Waals surface area contributed by atoms with E-state index in [9.17, 15) is 9.59 Å². The van der Waals surface area contributed by atoms with E-state index in [1.807, 2.05) is 6.92 Å². The van der Waals surface area contributed by atoms with Gasteiger partial charge in [-0.3, -0.25) is 9.59 Å². The zero-order valence-electron chi connectivity index (χ0n) is 12.4. The highest BCUT2D eigenvalue weighted by Gasteiger charge is 2.12. The number of aryl methyl sites for hydroxylation is 1. The molecule has 21 heavy (non-hydrogen) atoms. The molecule has 0 aromatic carbocycles. The minimum Gasteiger partial charge on any atom is -0.442 e. The van der Waals surface area contributed by atoms with Crippen molar-refractivity contribution < 1.29 is 9.21 Å². The highest BCUT2D eigenvalue weighted by Crippen LogP contribution is 2.23. The molecule has 0 saturated heterocycles. The normalized spacial score (nSPS) is 10.8. The Morgan fingerprint density at radius 2 is 2.19 bits per heavy atom. The van der Waals surface area contributed by atoms with Crippen molar-refractivity contribution in [1.29, 1.82) is 0 Å². The molecule has 0 saturated carbocycles.